The van der Waals surface area contributed by atoms with Gasteiger partial charge in [0.15, 0.2) is 12.2 Å². The average Bonchev–Trinajstić information content (AvgIpc) is 3.43. The van der Waals surface area contributed by atoms with Crippen molar-refractivity contribution in [3.63, 3.8) is 0 Å². The molecule has 1 aromatic carbocycles. The summed E-state index contributed by atoms with van der Waals surface area (Å²) < 4.78 is 15.5. The number of aromatic nitrogens is 2. The van der Waals surface area contributed by atoms with Crippen LogP contribution in [-0.2, 0) is 9.59 Å². The predicted molar refractivity (Wildman–Crippen MR) is 113 cm³/mol. The summed E-state index contributed by atoms with van der Waals surface area (Å²) in [6.07, 6.45) is 4.15. The lowest BCUT2D eigenvalue weighted by atomic mass is 10.1. The summed E-state index contributed by atoms with van der Waals surface area (Å²) in [7, 11) is 1.48. The van der Waals surface area contributed by atoms with Gasteiger partial charge in [0.2, 0.25) is 0 Å². The van der Waals surface area contributed by atoms with Gasteiger partial charge in [0.25, 0.3) is 5.91 Å². The molecule has 0 spiro atoms. The third kappa shape index (κ3) is 5.31. The first-order chi connectivity index (χ1) is 15.2. The van der Waals surface area contributed by atoms with Gasteiger partial charge in [-0.2, -0.15) is 0 Å². The fourth-order valence-electron chi connectivity index (χ4n) is 2.83. The number of amides is 3. The predicted octanol–water partition coefficient (Wildman–Crippen LogP) is 1.91. The molecule has 3 rings (SSSR count). The van der Waals surface area contributed by atoms with E-state index in [0.717, 1.165) is 0 Å². The number of anilines is 1. The Balaban J connectivity index is 1.58. The number of methoxy groups -OCH3 is 1. The number of benzene rings is 1. The molecule has 2 heterocycles. The third-order valence-corrected chi connectivity index (χ3v) is 4.50. The van der Waals surface area contributed by atoms with Crippen molar-refractivity contribution in [1.82, 2.24) is 20.8 Å². The third-order valence-electron chi connectivity index (χ3n) is 4.50. The fraction of sp³-hybridized carbons (Fsp3) is 0.286. The van der Waals surface area contributed by atoms with Crippen LogP contribution < -0.4 is 20.7 Å². The Labute approximate surface area is 183 Å². The van der Waals surface area contributed by atoms with Crippen LogP contribution >= 0.6 is 0 Å². The Hall–Kier alpha value is -4.15. The minimum Gasteiger partial charge on any atom is -0.496 e. The number of carbonyl (C=O) groups is 3. The zero-order valence-corrected chi connectivity index (χ0v) is 18.0. The second-order valence-corrected chi connectivity index (χ2v) is 7.55. The van der Waals surface area contributed by atoms with E-state index >= 15 is 0 Å². The van der Waals surface area contributed by atoms with Crippen molar-refractivity contribution in [3.8, 4) is 17.1 Å². The van der Waals surface area contributed by atoms with E-state index in [2.05, 4.69) is 26.1 Å². The second-order valence-electron chi connectivity index (χ2n) is 7.55. The molecule has 0 saturated heterocycles. The monoisotopic (exact) mass is 441 g/mol. The van der Waals surface area contributed by atoms with Gasteiger partial charge < -0.3 is 29.6 Å². The summed E-state index contributed by atoms with van der Waals surface area (Å²) in [6.45, 7) is 5.05. The molecule has 0 bridgehead atoms. The highest BCUT2D eigenvalue weighted by atomic mass is 16.5. The Morgan fingerprint density at radius 2 is 1.94 bits per heavy atom. The highest BCUT2D eigenvalue weighted by Crippen LogP contribution is 2.32. The summed E-state index contributed by atoms with van der Waals surface area (Å²) >= 11 is 0. The molecule has 0 aliphatic heterocycles. The molecule has 3 N–H and O–H groups in total. The lowest BCUT2D eigenvalue weighted by Gasteiger charge is -2.26. The number of carbonyl (C=O) groups excluding carboxylic acids is 3. The van der Waals surface area contributed by atoms with Crippen molar-refractivity contribution in [1.29, 1.82) is 0 Å². The molecule has 32 heavy (non-hydrogen) atoms. The average molecular weight is 441 g/mol. The van der Waals surface area contributed by atoms with Gasteiger partial charge in [-0.05, 0) is 32.9 Å². The van der Waals surface area contributed by atoms with Crippen LogP contribution in [0.1, 0.15) is 30.0 Å². The van der Waals surface area contributed by atoms with Crippen LogP contribution in [0.15, 0.2) is 45.9 Å². The first kappa shape index (κ1) is 22.5. The zero-order valence-electron chi connectivity index (χ0n) is 18.0. The SMILES string of the molecule is COc1cc(NC(=O)C(=O)NC(C)(C)CNC(=O)c2cnoc2C)ccc1-c1cnco1. The van der Waals surface area contributed by atoms with E-state index in [-0.39, 0.29) is 6.54 Å². The molecular formula is C21H23N5O6. The molecule has 0 aliphatic rings. The van der Waals surface area contributed by atoms with Crippen LogP contribution in [0.2, 0.25) is 0 Å². The van der Waals surface area contributed by atoms with Crippen LogP contribution in [0.5, 0.6) is 5.75 Å². The highest BCUT2D eigenvalue weighted by molar-refractivity contribution is 6.39. The molecular weight excluding hydrogens is 418 g/mol. The lowest BCUT2D eigenvalue weighted by molar-refractivity contribution is -0.137. The van der Waals surface area contributed by atoms with E-state index in [1.165, 1.54) is 25.9 Å². The topological polar surface area (TPSA) is 149 Å². The molecule has 11 heteroatoms. The van der Waals surface area contributed by atoms with Crippen molar-refractivity contribution >= 4 is 23.4 Å². The molecule has 0 atom stereocenters. The van der Waals surface area contributed by atoms with E-state index in [0.29, 0.717) is 34.1 Å². The molecule has 2 aromatic heterocycles. The molecule has 11 nitrogen and oxygen atoms in total. The first-order valence-electron chi connectivity index (χ1n) is 9.60. The highest BCUT2D eigenvalue weighted by Gasteiger charge is 2.26. The van der Waals surface area contributed by atoms with Gasteiger partial charge in [0, 0.05) is 18.3 Å². The quantitative estimate of drug-likeness (QED) is 0.471. The maximum Gasteiger partial charge on any atom is 0.313 e. The van der Waals surface area contributed by atoms with E-state index in [1.807, 2.05) is 0 Å². The summed E-state index contributed by atoms with van der Waals surface area (Å²) in [5, 5.41) is 11.3. The van der Waals surface area contributed by atoms with Crippen molar-refractivity contribution in [2.24, 2.45) is 0 Å². The minimum absolute atomic E-state index is 0.0785. The van der Waals surface area contributed by atoms with Gasteiger partial charge in [-0.25, -0.2) is 4.98 Å². The van der Waals surface area contributed by atoms with Crippen LogP contribution in [0.4, 0.5) is 5.69 Å². The number of nitrogens with one attached hydrogen (secondary N) is 3. The normalized spacial score (nSPS) is 11.0. The van der Waals surface area contributed by atoms with E-state index in [4.69, 9.17) is 13.7 Å². The molecule has 0 aliphatic carbocycles. The number of nitrogens with zero attached hydrogens (tertiary/aromatic N) is 2. The molecule has 0 saturated carbocycles. The van der Waals surface area contributed by atoms with Crippen molar-refractivity contribution < 1.29 is 28.1 Å². The first-order valence-corrected chi connectivity index (χ1v) is 9.60. The number of hydrogen-bond acceptors (Lipinski definition) is 8. The molecule has 0 unspecified atom stereocenters. The van der Waals surface area contributed by atoms with E-state index < -0.39 is 23.3 Å². The maximum absolute atomic E-state index is 12.4. The molecule has 168 valence electrons. The summed E-state index contributed by atoms with van der Waals surface area (Å²) in [5.41, 5.74) is 0.405. The largest absolute Gasteiger partial charge is 0.496 e. The van der Waals surface area contributed by atoms with Gasteiger partial charge in [-0.3, -0.25) is 14.4 Å². The van der Waals surface area contributed by atoms with Crippen LogP contribution in [0.3, 0.4) is 0 Å². The van der Waals surface area contributed by atoms with Gasteiger partial charge in [-0.15, -0.1) is 0 Å². The van der Waals surface area contributed by atoms with Gasteiger partial charge in [-0.1, -0.05) is 5.16 Å². The lowest BCUT2D eigenvalue weighted by Crippen LogP contribution is -2.54. The maximum atomic E-state index is 12.4. The Kier molecular flexibility index (Phi) is 6.57. The Morgan fingerprint density at radius 3 is 2.56 bits per heavy atom. The summed E-state index contributed by atoms with van der Waals surface area (Å²) in [6, 6.07) is 4.85. The molecule has 3 amide bonds. The smallest absolute Gasteiger partial charge is 0.313 e. The van der Waals surface area contributed by atoms with E-state index in [1.54, 1.807) is 39.0 Å². The van der Waals surface area contributed by atoms with Crippen molar-refractivity contribution in [2.75, 3.05) is 19.0 Å². The second kappa shape index (κ2) is 9.33. The summed E-state index contributed by atoms with van der Waals surface area (Å²) in [5.74, 6) is -0.796. The van der Waals surface area contributed by atoms with Crippen molar-refractivity contribution in [3.05, 3.63) is 48.3 Å². The molecule has 0 radical (unpaired) electrons. The molecule has 3 aromatic rings. The number of rotatable bonds is 7. The molecule has 0 fully saturated rings. The Bertz CT molecular complexity index is 1120. The number of ether oxygens (including phenoxy) is 1. The van der Waals surface area contributed by atoms with Gasteiger partial charge in [0.05, 0.1) is 30.6 Å². The van der Waals surface area contributed by atoms with Gasteiger partial charge >= 0.3 is 11.8 Å². The van der Waals surface area contributed by atoms with Crippen LogP contribution in [-0.4, -0.2) is 47.1 Å². The number of aryl methyl sites for hydroxylation is 1. The standard InChI is InChI=1S/C21H23N5O6/c1-12-15(8-24-32-12)18(27)23-10-21(2,3)26-20(29)19(28)25-13-5-6-14(16(7-13)30-4)17-9-22-11-31-17/h5-9,11H,10H2,1-4H3,(H,23,27)(H,25,28)(H,26,29). The minimum atomic E-state index is -0.900. The van der Waals surface area contributed by atoms with Crippen LogP contribution in [0, 0.1) is 6.92 Å². The summed E-state index contributed by atoms with van der Waals surface area (Å²) in [4.78, 5) is 40.8. The fourth-order valence-corrected chi connectivity index (χ4v) is 2.83. The van der Waals surface area contributed by atoms with E-state index in [9.17, 15) is 14.4 Å². The van der Waals surface area contributed by atoms with Gasteiger partial charge in [0.1, 0.15) is 17.1 Å². The van der Waals surface area contributed by atoms with Crippen molar-refractivity contribution in [2.45, 2.75) is 26.3 Å². The zero-order chi connectivity index (χ0) is 23.3. The van der Waals surface area contributed by atoms with Crippen LogP contribution in [0.25, 0.3) is 11.3 Å². The number of oxazole rings is 1. The number of hydrogen-bond donors (Lipinski definition) is 3. The Morgan fingerprint density at radius 1 is 1.16 bits per heavy atom.